The molecule has 0 saturated carbocycles. The van der Waals surface area contributed by atoms with Gasteiger partial charge in [-0.2, -0.15) is 0 Å². The summed E-state index contributed by atoms with van der Waals surface area (Å²) in [6, 6.07) is 10.5. The molecule has 0 bridgehead atoms. The van der Waals surface area contributed by atoms with Crippen LogP contribution in [0.3, 0.4) is 0 Å². The monoisotopic (exact) mass is 386 g/mol. The normalized spacial score (nSPS) is 21.9. The number of methoxy groups -OCH3 is 1. The van der Waals surface area contributed by atoms with Gasteiger partial charge in [-0.3, -0.25) is 4.90 Å². The van der Waals surface area contributed by atoms with E-state index >= 15 is 0 Å². The van der Waals surface area contributed by atoms with E-state index in [4.69, 9.17) is 13.9 Å². The highest BCUT2D eigenvalue weighted by Gasteiger charge is 2.25. The molecule has 2 aromatic rings. The van der Waals surface area contributed by atoms with Gasteiger partial charge in [-0.1, -0.05) is 18.2 Å². The van der Waals surface area contributed by atoms with E-state index in [0.29, 0.717) is 6.10 Å². The molecule has 0 spiro atoms. The van der Waals surface area contributed by atoms with Gasteiger partial charge < -0.3 is 18.8 Å². The van der Waals surface area contributed by atoms with Gasteiger partial charge >= 0.3 is 0 Å². The van der Waals surface area contributed by atoms with E-state index in [-0.39, 0.29) is 0 Å². The van der Waals surface area contributed by atoms with Crippen LogP contribution in [0.4, 0.5) is 0 Å². The molecule has 154 valence electrons. The Kier molecular flexibility index (Phi) is 7.02. The number of fused-ring (bicyclic) bond motifs is 1. The molecule has 0 N–H and O–H groups in total. The second-order valence-electron chi connectivity index (χ2n) is 8.36. The summed E-state index contributed by atoms with van der Waals surface area (Å²) in [5, 5.41) is 1.20. The van der Waals surface area contributed by atoms with Gasteiger partial charge in [-0.25, -0.2) is 0 Å². The van der Waals surface area contributed by atoms with Crippen LogP contribution >= 0.6 is 0 Å². The summed E-state index contributed by atoms with van der Waals surface area (Å²) in [5.74, 6) is 1.82. The molecule has 2 aliphatic heterocycles. The van der Waals surface area contributed by atoms with Crippen LogP contribution in [0.5, 0.6) is 0 Å². The number of hydrogen-bond acceptors (Lipinski definition) is 5. The fourth-order valence-electron chi connectivity index (χ4n) is 4.59. The Hall–Kier alpha value is -1.40. The van der Waals surface area contributed by atoms with Crippen molar-refractivity contribution in [3.8, 4) is 0 Å². The van der Waals surface area contributed by atoms with E-state index in [1.165, 1.54) is 44.2 Å². The number of benzene rings is 1. The molecule has 1 atom stereocenters. The third-order valence-corrected chi connectivity index (χ3v) is 6.18. The standard InChI is InChI=1S/C23H34N2O3/c1-26-14-12-24-10-8-19(9-11-24)16-25(17-21-6-4-13-27-21)18-22-15-20-5-2-3-7-23(20)28-22/h2-3,5,7,15,19,21H,4,6,8-14,16-18H2,1H3. The first kappa shape index (κ1) is 19.9. The first-order valence-electron chi connectivity index (χ1n) is 10.8. The van der Waals surface area contributed by atoms with Gasteiger partial charge in [0, 0.05) is 38.7 Å². The maximum absolute atomic E-state index is 6.11. The summed E-state index contributed by atoms with van der Waals surface area (Å²) < 4.78 is 17.3. The average Bonchev–Trinajstić information content (AvgIpc) is 3.36. The van der Waals surface area contributed by atoms with E-state index in [2.05, 4.69) is 34.1 Å². The van der Waals surface area contributed by atoms with Crippen LogP contribution in [0.1, 0.15) is 31.4 Å². The molecule has 5 nitrogen and oxygen atoms in total. The van der Waals surface area contributed by atoms with Crippen molar-refractivity contribution in [2.75, 3.05) is 53.0 Å². The number of ether oxygens (including phenoxy) is 2. The Morgan fingerprint density at radius 3 is 2.75 bits per heavy atom. The van der Waals surface area contributed by atoms with E-state index in [9.17, 15) is 0 Å². The minimum atomic E-state index is 0.381. The lowest BCUT2D eigenvalue weighted by Gasteiger charge is -2.35. The second kappa shape index (κ2) is 9.88. The van der Waals surface area contributed by atoms with Crippen molar-refractivity contribution in [2.24, 2.45) is 5.92 Å². The molecule has 2 saturated heterocycles. The maximum Gasteiger partial charge on any atom is 0.134 e. The molecule has 1 unspecified atom stereocenters. The highest BCUT2D eigenvalue weighted by molar-refractivity contribution is 5.77. The first-order chi connectivity index (χ1) is 13.8. The Bertz CT molecular complexity index is 684. The van der Waals surface area contributed by atoms with Crippen LogP contribution in [0, 0.1) is 5.92 Å². The predicted octanol–water partition coefficient (Wildman–Crippen LogP) is 3.77. The van der Waals surface area contributed by atoms with Crippen molar-refractivity contribution >= 4 is 11.0 Å². The maximum atomic E-state index is 6.11. The number of para-hydroxylation sites is 1. The van der Waals surface area contributed by atoms with Crippen molar-refractivity contribution in [3.63, 3.8) is 0 Å². The zero-order valence-electron chi connectivity index (χ0n) is 17.1. The van der Waals surface area contributed by atoms with Crippen LogP contribution in [0.2, 0.25) is 0 Å². The van der Waals surface area contributed by atoms with Gasteiger partial charge in [-0.15, -0.1) is 0 Å². The minimum absolute atomic E-state index is 0.381. The Morgan fingerprint density at radius 1 is 1.14 bits per heavy atom. The van der Waals surface area contributed by atoms with Gasteiger partial charge in [0.25, 0.3) is 0 Å². The van der Waals surface area contributed by atoms with E-state index < -0.39 is 0 Å². The summed E-state index contributed by atoms with van der Waals surface area (Å²) in [6.45, 7) is 8.21. The summed E-state index contributed by atoms with van der Waals surface area (Å²) in [7, 11) is 1.79. The number of rotatable bonds is 9. The summed E-state index contributed by atoms with van der Waals surface area (Å²) >= 11 is 0. The molecule has 2 aliphatic rings. The van der Waals surface area contributed by atoms with E-state index in [1.54, 1.807) is 7.11 Å². The molecule has 28 heavy (non-hydrogen) atoms. The topological polar surface area (TPSA) is 38.1 Å². The minimum Gasteiger partial charge on any atom is -0.460 e. The number of likely N-dealkylation sites (tertiary alicyclic amines) is 1. The quantitative estimate of drug-likeness (QED) is 0.656. The first-order valence-corrected chi connectivity index (χ1v) is 10.8. The van der Waals surface area contributed by atoms with Crippen molar-refractivity contribution in [3.05, 3.63) is 36.1 Å². The van der Waals surface area contributed by atoms with Gasteiger partial charge in [0.05, 0.1) is 19.3 Å². The van der Waals surface area contributed by atoms with Gasteiger partial charge in [-0.05, 0) is 56.8 Å². The van der Waals surface area contributed by atoms with Crippen molar-refractivity contribution < 1.29 is 13.9 Å². The molecule has 2 fully saturated rings. The van der Waals surface area contributed by atoms with Crippen molar-refractivity contribution in [2.45, 2.75) is 38.3 Å². The summed E-state index contributed by atoms with van der Waals surface area (Å²) in [5.41, 5.74) is 0.987. The molecular weight excluding hydrogens is 352 g/mol. The van der Waals surface area contributed by atoms with E-state index in [0.717, 1.165) is 56.7 Å². The number of nitrogens with zero attached hydrogens (tertiary/aromatic N) is 2. The SMILES string of the molecule is COCCN1CCC(CN(Cc2cc3ccccc3o2)CC2CCCO2)CC1. The lowest BCUT2D eigenvalue weighted by molar-refractivity contribution is 0.0529. The third-order valence-electron chi connectivity index (χ3n) is 6.18. The Balaban J connectivity index is 1.36. The fraction of sp³-hybridized carbons (Fsp3) is 0.652. The molecule has 0 radical (unpaired) electrons. The smallest absolute Gasteiger partial charge is 0.134 e. The zero-order chi connectivity index (χ0) is 19.2. The summed E-state index contributed by atoms with van der Waals surface area (Å²) in [4.78, 5) is 5.10. The van der Waals surface area contributed by atoms with E-state index in [1.807, 2.05) is 6.07 Å². The number of furan rings is 1. The van der Waals surface area contributed by atoms with Crippen LogP contribution in [-0.4, -0.2) is 69.0 Å². The van der Waals surface area contributed by atoms with Crippen LogP contribution in [-0.2, 0) is 16.0 Å². The molecular formula is C23H34N2O3. The highest BCUT2D eigenvalue weighted by Crippen LogP contribution is 2.24. The molecule has 4 rings (SSSR count). The molecule has 5 heteroatoms. The van der Waals surface area contributed by atoms with Crippen LogP contribution in [0.15, 0.2) is 34.7 Å². The average molecular weight is 387 g/mol. The van der Waals surface area contributed by atoms with Crippen molar-refractivity contribution in [1.29, 1.82) is 0 Å². The van der Waals surface area contributed by atoms with Crippen LogP contribution < -0.4 is 0 Å². The zero-order valence-corrected chi connectivity index (χ0v) is 17.1. The number of piperidine rings is 1. The van der Waals surface area contributed by atoms with Crippen molar-refractivity contribution in [1.82, 2.24) is 9.80 Å². The summed E-state index contributed by atoms with van der Waals surface area (Å²) in [6.07, 6.45) is 5.30. The molecule has 3 heterocycles. The Morgan fingerprint density at radius 2 is 2.00 bits per heavy atom. The van der Waals surface area contributed by atoms with Gasteiger partial charge in [0.15, 0.2) is 0 Å². The largest absolute Gasteiger partial charge is 0.460 e. The van der Waals surface area contributed by atoms with Gasteiger partial charge in [0.1, 0.15) is 11.3 Å². The highest BCUT2D eigenvalue weighted by atomic mass is 16.5. The fourth-order valence-corrected chi connectivity index (χ4v) is 4.59. The molecule has 0 aliphatic carbocycles. The lowest BCUT2D eigenvalue weighted by Crippen LogP contribution is -2.41. The lowest BCUT2D eigenvalue weighted by atomic mass is 9.96. The predicted molar refractivity (Wildman–Crippen MR) is 112 cm³/mol. The van der Waals surface area contributed by atoms with Crippen LogP contribution in [0.25, 0.3) is 11.0 Å². The molecule has 1 aromatic heterocycles. The third kappa shape index (κ3) is 5.35. The second-order valence-corrected chi connectivity index (χ2v) is 8.36. The molecule has 1 aromatic carbocycles. The number of hydrogen-bond donors (Lipinski definition) is 0. The van der Waals surface area contributed by atoms with Gasteiger partial charge in [0.2, 0.25) is 0 Å². The Labute approximate surface area is 168 Å². The molecule has 0 amide bonds.